The Morgan fingerprint density at radius 3 is 2.62 bits per heavy atom. The van der Waals surface area contributed by atoms with Crippen LogP contribution in [0.2, 0.25) is 13.1 Å². The fourth-order valence-electron chi connectivity index (χ4n) is 0.593. The molecule has 0 saturated heterocycles. The van der Waals surface area contributed by atoms with Crippen molar-refractivity contribution >= 4 is 14.2 Å². The number of nitrogens with zero attached hydrogens (tertiary/aromatic N) is 1. The molecule has 1 aromatic rings. The van der Waals surface area contributed by atoms with Gasteiger partial charge in [0.1, 0.15) is 8.80 Å². The van der Waals surface area contributed by atoms with Crippen molar-refractivity contribution in [2.24, 2.45) is 0 Å². The first-order valence-corrected chi connectivity index (χ1v) is 5.68. The minimum Gasteiger partial charge on any atom is -0.353 e. The number of H-pyrrole nitrogens is 1. The Balaban J connectivity index is 2.77. The fraction of sp³-hybridized carbons (Fsp3) is 0.400. The molecular weight excluding hydrogens is 116 g/mol. The summed E-state index contributed by atoms with van der Waals surface area (Å²) in [6, 6.07) is 0. The van der Waals surface area contributed by atoms with E-state index in [1.165, 1.54) is 5.45 Å². The standard InChI is InChI=1S/C5H10N2Si/c1-8(2)5-6-3-4-7-5/h3-4,8H,1-2H3,(H,6,7). The first kappa shape index (κ1) is 5.56. The summed E-state index contributed by atoms with van der Waals surface area (Å²) in [4.78, 5) is 7.21. The predicted octanol–water partition coefficient (Wildman–Crippen LogP) is 0.103. The molecule has 0 amide bonds. The number of imidazole rings is 1. The number of hydrogen-bond acceptors (Lipinski definition) is 1. The van der Waals surface area contributed by atoms with Gasteiger partial charge in [0.2, 0.25) is 0 Å². The summed E-state index contributed by atoms with van der Waals surface area (Å²) in [5.74, 6) is 0. The van der Waals surface area contributed by atoms with E-state index < -0.39 is 8.80 Å². The van der Waals surface area contributed by atoms with Crippen LogP contribution in [0, 0.1) is 0 Å². The molecule has 1 heterocycles. The Hall–Kier alpha value is -0.573. The number of aromatic nitrogens is 2. The highest BCUT2D eigenvalue weighted by Gasteiger charge is 1.99. The smallest absolute Gasteiger partial charge is 0.110 e. The molecule has 0 saturated carbocycles. The van der Waals surface area contributed by atoms with Crippen LogP contribution >= 0.6 is 0 Å². The molecule has 1 rings (SSSR count). The third kappa shape index (κ3) is 0.978. The monoisotopic (exact) mass is 126 g/mol. The molecule has 8 heavy (non-hydrogen) atoms. The van der Waals surface area contributed by atoms with Crippen molar-refractivity contribution in [1.82, 2.24) is 9.97 Å². The Morgan fingerprint density at radius 2 is 2.38 bits per heavy atom. The Kier molecular flexibility index (Phi) is 1.48. The quantitative estimate of drug-likeness (QED) is 0.531. The lowest BCUT2D eigenvalue weighted by Gasteiger charge is -1.92. The molecule has 0 radical (unpaired) electrons. The van der Waals surface area contributed by atoms with E-state index in [0.717, 1.165) is 0 Å². The molecule has 0 unspecified atom stereocenters. The largest absolute Gasteiger partial charge is 0.353 e. The second-order valence-electron chi connectivity index (χ2n) is 2.13. The van der Waals surface area contributed by atoms with Crippen LogP contribution in [0.1, 0.15) is 0 Å². The van der Waals surface area contributed by atoms with E-state index in [1.807, 2.05) is 12.4 Å². The molecule has 0 atom stereocenters. The Bertz CT molecular complexity index is 145. The summed E-state index contributed by atoms with van der Waals surface area (Å²) in [7, 11) is -0.647. The molecule has 3 heteroatoms. The first-order chi connectivity index (χ1) is 3.80. The molecule has 0 bridgehead atoms. The summed E-state index contributed by atoms with van der Waals surface area (Å²) >= 11 is 0. The van der Waals surface area contributed by atoms with Gasteiger partial charge >= 0.3 is 0 Å². The van der Waals surface area contributed by atoms with Crippen LogP contribution in [0.15, 0.2) is 12.4 Å². The Labute approximate surface area is 50.6 Å². The SMILES string of the molecule is C[SiH](C)c1ncc[nH]1. The lowest BCUT2D eigenvalue weighted by atomic mass is 11.0. The van der Waals surface area contributed by atoms with Crippen molar-refractivity contribution in [3.63, 3.8) is 0 Å². The van der Waals surface area contributed by atoms with Gasteiger partial charge in [-0.2, -0.15) is 0 Å². The summed E-state index contributed by atoms with van der Waals surface area (Å²) < 4.78 is 0. The predicted molar refractivity (Wildman–Crippen MR) is 37.1 cm³/mol. The second kappa shape index (κ2) is 2.13. The minimum absolute atomic E-state index is 0.647. The van der Waals surface area contributed by atoms with Gasteiger partial charge in [-0.3, -0.25) is 0 Å². The third-order valence-electron chi connectivity index (χ3n) is 1.07. The van der Waals surface area contributed by atoms with Crippen molar-refractivity contribution in [2.45, 2.75) is 13.1 Å². The molecule has 0 aliphatic heterocycles. The van der Waals surface area contributed by atoms with Gasteiger partial charge in [0.15, 0.2) is 0 Å². The maximum absolute atomic E-state index is 4.12. The molecule has 0 aromatic carbocycles. The van der Waals surface area contributed by atoms with E-state index in [-0.39, 0.29) is 0 Å². The topological polar surface area (TPSA) is 28.7 Å². The van der Waals surface area contributed by atoms with E-state index in [0.29, 0.717) is 0 Å². The lowest BCUT2D eigenvalue weighted by Crippen LogP contribution is -2.25. The zero-order valence-electron chi connectivity index (χ0n) is 5.18. The molecule has 1 N–H and O–H groups in total. The highest BCUT2D eigenvalue weighted by molar-refractivity contribution is 6.69. The summed E-state index contributed by atoms with van der Waals surface area (Å²) in [5.41, 5.74) is 1.20. The molecular formula is C5H10N2Si. The van der Waals surface area contributed by atoms with Crippen molar-refractivity contribution in [1.29, 1.82) is 0 Å². The first-order valence-electron chi connectivity index (χ1n) is 2.80. The number of aromatic amines is 1. The molecule has 44 valence electrons. The molecule has 0 aliphatic rings. The zero-order chi connectivity index (χ0) is 5.98. The van der Waals surface area contributed by atoms with Crippen molar-refractivity contribution < 1.29 is 0 Å². The highest BCUT2D eigenvalue weighted by atomic mass is 28.3. The number of nitrogens with one attached hydrogen (secondary N) is 1. The van der Waals surface area contributed by atoms with Gasteiger partial charge in [0.05, 0.1) is 5.45 Å². The van der Waals surface area contributed by atoms with Gasteiger partial charge in [-0.15, -0.1) is 0 Å². The average molecular weight is 126 g/mol. The van der Waals surface area contributed by atoms with Crippen LogP contribution in [-0.4, -0.2) is 18.8 Å². The van der Waals surface area contributed by atoms with Gasteiger partial charge in [-0.25, -0.2) is 4.98 Å². The fourth-order valence-corrected chi connectivity index (χ4v) is 1.41. The van der Waals surface area contributed by atoms with Crippen molar-refractivity contribution in [2.75, 3.05) is 0 Å². The Morgan fingerprint density at radius 1 is 1.62 bits per heavy atom. The normalized spacial score (nSPS) is 10.4. The van der Waals surface area contributed by atoms with Gasteiger partial charge in [0, 0.05) is 12.4 Å². The zero-order valence-corrected chi connectivity index (χ0v) is 6.33. The number of rotatable bonds is 1. The molecule has 0 fully saturated rings. The second-order valence-corrected chi connectivity index (χ2v) is 4.99. The van der Waals surface area contributed by atoms with Crippen LogP contribution in [0.5, 0.6) is 0 Å². The van der Waals surface area contributed by atoms with Crippen molar-refractivity contribution in [3.8, 4) is 0 Å². The maximum Gasteiger partial charge on any atom is 0.110 e. The van der Waals surface area contributed by atoms with Gasteiger partial charge < -0.3 is 4.98 Å². The summed E-state index contributed by atoms with van der Waals surface area (Å²) in [5, 5.41) is 0. The molecule has 2 nitrogen and oxygen atoms in total. The van der Waals surface area contributed by atoms with E-state index in [2.05, 4.69) is 23.1 Å². The summed E-state index contributed by atoms with van der Waals surface area (Å²) in [6.45, 7) is 4.50. The average Bonchev–Trinajstić information content (AvgIpc) is 2.12. The van der Waals surface area contributed by atoms with Crippen LogP contribution in [-0.2, 0) is 0 Å². The van der Waals surface area contributed by atoms with Crippen LogP contribution in [0.25, 0.3) is 0 Å². The molecule has 0 spiro atoms. The van der Waals surface area contributed by atoms with Crippen LogP contribution in [0.4, 0.5) is 0 Å². The van der Waals surface area contributed by atoms with E-state index in [4.69, 9.17) is 0 Å². The van der Waals surface area contributed by atoms with Crippen LogP contribution in [0.3, 0.4) is 0 Å². The summed E-state index contributed by atoms with van der Waals surface area (Å²) in [6.07, 6.45) is 3.69. The third-order valence-corrected chi connectivity index (χ3v) is 2.48. The molecule has 0 aliphatic carbocycles. The van der Waals surface area contributed by atoms with E-state index >= 15 is 0 Å². The minimum atomic E-state index is -0.647. The van der Waals surface area contributed by atoms with Crippen LogP contribution < -0.4 is 5.45 Å². The van der Waals surface area contributed by atoms with Gasteiger partial charge in [-0.05, 0) is 0 Å². The van der Waals surface area contributed by atoms with Gasteiger partial charge in [0.25, 0.3) is 0 Å². The highest BCUT2D eigenvalue weighted by Crippen LogP contribution is 1.76. The maximum atomic E-state index is 4.12. The number of hydrogen-bond donors (Lipinski definition) is 1. The van der Waals surface area contributed by atoms with E-state index in [9.17, 15) is 0 Å². The van der Waals surface area contributed by atoms with Crippen molar-refractivity contribution in [3.05, 3.63) is 12.4 Å². The molecule has 1 aromatic heterocycles. The van der Waals surface area contributed by atoms with E-state index in [1.54, 1.807) is 0 Å². The van der Waals surface area contributed by atoms with Gasteiger partial charge in [-0.1, -0.05) is 13.1 Å². The lowest BCUT2D eigenvalue weighted by molar-refractivity contribution is 1.38.